The fourth-order valence-electron chi connectivity index (χ4n) is 2.56. The number of thiazole rings is 1. The lowest BCUT2D eigenvalue weighted by molar-refractivity contribution is 1.44. The molecular formula is C18H13NS. The average Bonchev–Trinajstić information content (AvgIpc) is 2.92. The molecule has 1 heterocycles. The lowest BCUT2D eigenvalue weighted by atomic mass is 10.1. The normalized spacial score (nSPS) is 11.2. The van der Waals surface area contributed by atoms with E-state index in [0.29, 0.717) is 0 Å². The highest BCUT2D eigenvalue weighted by atomic mass is 32.1. The molecule has 0 aliphatic rings. The SMILES string of the molecule is Cc1cccc(-c2nc3c(ccc4ccccc43)s2)c1. The van der Waals surface area contributed by atoms with E-state index in [0.717, 1.165) is 10.5 Å². The highest BCUT2D eigenvalue weighted by Crippen LogP contribution is 2.34. The molecule has 0 unspecified atom stereocenters. The van der Waals surface area contributed by atoms with Crippen molar-refractivity contribution in [1.82, 2.24) is 4.98 Å². The van der Waals surface area contributed by atoms with E-state index in [1.165, 1.54) is 26.6 Å². The zero-order valence-corrected chi connectivity index (χ0v) is 11.9. The maximum absolute atomic E-state index is 4.87. The Balaban J connectivity index is 2.01. The number of fused-ring (bicyclic) bond motifs is 3. The summed E-state index contributed by atoms with van der Waals surface area (Å²) in [6.45, 7) is 2.12. The molecule has 1 aromatic heterocycles. The molecule has 0 radical (unpaired) electrons. The molecule has 0 saturated heterocycles. The monoisotopic (exact) mass is 275 g/mol. The van der Waals surface area contributed by atoms with Crippen LogP contribution >= 0.6 is 11.3 Å². The second-order valence-electron chi connectivity index (χ2n) is 5.02. The lowest BCUT2D eigenvalue weighted by Crippen LogP contribution is -1.78. The van der Waals surface area contributed by atoms with Gasteiger partial charge < -0.3 is 0 Å². The number of hydrogen-bond acceptors (Lipinski definition) is 2. The first-order valence-electron chi connectivity index (χ1n) is 6.66. The minimum absolute atomic E-state index is 1.10. The maximum atomic E-state index is 4.87. The molecule has 0 spiro atoms. The molecule has 0 N–H and O–H groups in total. The van der Waals surface area contributed by atoms with Crippen molar-refractivity contribution >= 4 is 32.3 Å². The topological polar surface area (TPSA) is 12.9 Å². The molecule has 0 atom stereocenters. The third kappa shape index (κ3) is 1.81. The zero-order valence-electron chi connectivity index (χ0n) is 11.1. The van der Waals surface area contributed by atoms with Gasteiger partial charge in [-0.3, -0.25) is 0 Å². The van der Waals surface area contributed by atoms with Crippen LogP contribution in [-0.2, 0) is 0 Å². The summed E-state index contributed by atoms with van der Waals surface area (Å²) in [6.07, 6.45) is 0. The Hall–Kier alpha value is -2.19. The Morgan fingerprint density at radius 1 is 0.900 bits per heavy atom. The average molecular weight is 275 g/mol. The molecular weight excluding hydrogens is 262 g/mol. The number of benzene rings is 3. The molecule has 96 valence electrons. The summed E-state index contributed by atoms with van der Waals surface area (Å²) < 4.78 is 1.25. The summed E-state index contributed by atoms with van der Waals surface area (Å²) in [7, 11) is 0. The van der Waals surface area contributed by atoms with Gasteiger partial charge >= 0.3 is 0 Å². The summed E-state index contributed by atoms with van der Waals surface area (Å²) >= 11 is 1.76. The van der Waals surface area contributed by atoms with Crippen molar-refractivity contribution < 1.29 is 0 Å². The molecule has 4 aromatic rings. The van der Waals surface area contributed by atoms with Gasteiger partial charge in [0.25, 0.3) is 0 Å². The van der Waals surface area contributed by atoms with E-state index >= 15 is 0 Å². The summed E-state index contributed by atoms with van der Waals surface area (Å²) in [6, 6.07) is 21.3. The maximum Gasteiger partial charge on any atom is 0.124 e. The Morgan fingerprint density at radius 3 is 2.70 bits per heavy atom. The molecule has 0 aliphatic heterocycles. The van der Waals surface area contributed by atoms with Crippen molar-refractivity contribution in [3.8, 4) is 10.6 Å². The molecule has 0 amide bonds. The van der Waals surface area contributed by atoms with Crippen molar-refractivity contribution in [2.24, 2.45) is 0 Å². The highest BCUT2D eigenvalue weighted by molar-refractivity contribution is 7.21. The Bertz CT molecular complexity index is 921. The first kappa shape index (κ1) is 11.6. The Labute approximate surface area is 121 Å². The van der Waals surface area contributed by atoms with Gasteiger partial charge in [-0.25, -0.2) is 4.98 Å². The van der Waals surface area contributed by atoms with Gasteiger partial charge in [-0.05, 0) is 24.4 Å². The van der Waals surface area contributed by atoms with Crippen LogP contribution in [0, 0.1) is 6.92 Å². The molecule has 0 bridgehead atoms. The van der Waals surface area contributed by atoms with Crippen molar-refractivity contribution in [2.75, 3.05) is 0 Å². The predicted molar refractivity (Wildman–Crippen MR) is 87.3 cm³/mol. The van der Waals surface area contributed by atoms with Crippen LogP contribution in [0.15, 0.2) is 60.7 Å². The van der Waals surface area contributed by atoms with Crippen molar-refractivity contribution in [3.63, 3.8) is 0 Å². The standard InChI is InChI=1S/C18H13NS/c1-12-5-4-7-14(11-12)18-19-17-15-8-3-2-6-13(15)9-10-16(17)20-18/h2-11H,1H3. The van der Waals surface area contributed by atoms with Crippen molar-refractivity contribution in [1.29, 1.82) is 0 Å². The minimum Gasteiger partial charge on any atom is -0.235 e. The smallest absolute Gasteiger partial charge is 0.124 e. The molecule has 0 saturated carbocycles. The van der Waals surface area contributed by atoms with E-state index in [1.807, 2.05) is 0 Å². The Morgan fingerprint density at radius 2 is 1.80 bits per heavy atom. The van der Waals surface area contributed by atoms with Gasteiger partial charge in [-0.2, -0.15) is 0 Å². The zero-order chi connectivity index (χ0) is 13.5. The second-order valence-corrected chi connectivity index (χ2v) is 6.05. The van der Waals surface area contributed by atoms with Crippen molar-refractivity contribution in [2.45, 2.75) is 6.92 Å². The molecule has 3 aromatic carbocycles. The first-order valence-corrected chi connectivity index (χ1v) is 7.48. The van der Waals surface area contributed by atoms with Gasteiger partial charge in [0.05, 0.1) is 10.2 Å². The van der Waals surface area contributed by atoms with Crippen LogP contribution in [0.3, 0.4) is 0 Å². The molecule has 0 aliphatic carbocycles. The summed E-state index contributed by atoms with van der Waals surface area (Å²) in [5.41, 5.74) is 3.59. The van der Waals surface area contributed by atoms with Crippen LogP contribution in [0.4, 0.5) is 0 Å². The van der Waals surface area contributed by atoms with Crippen LogP contribution in [0.2, 0.25) is 0 Å². The second kappa shape index (κ2) is 4.43. The highest BCUT2D eigenvalue weighted by Gasteiger charge is 2.08. The van der Waals surface area contributed by atoms with Crippen LogP contribution < -0.4 is 0 Å². The lowest BCUT2D eigenvalue weighted by Gasteiger charge is -1.97. The van der Waals surface area contributed by atoms with Crippen molar-refractivity contribution in [3.05, 3.63) is 66.2 Å². The molecule has 4 rings (SSSR count). The van der Waals surface area contributed by atoms with Crippen LogP contribution in [-0.4, -0.2) is 4.98 Å². The Kier molecular flexibility index (Phi) is 2.57. The third-order valence-electron chi connectivity index (χ3n) is 3.55. The number of hydrogen-bond donors (Lipinski definition) is 0. The number of aryl methyl sites for hydroxylation is 1. The minimum atomic E-state index is 1.10. The molecule has 2 heteroatoms. The van der Waals surface area contributed by atoms with E-state index < -0.39 is 0 Å². The van der Waals surface area contributed by atoms with E-state index in [4.69, 9.17) is 4.98 Å². The third-order valence-corrected chi connectivity index (χ3v) is 4.62. The van der Waals surface area contributed by atoms with Gasteiger partial charge in [-0.1, -0.05) is 54.1 Å². The van der Waals surface area contributed by atoms with E-state index in [1.54, 1.807) is 11.3 Å². The molecule has 0 fully saturated rings. The van der Waals surface area contributed by atoms with E-state index in [-0.39, 0.29) is 0 Å². The van der Waals surface area contributed by atoms with Gasteiger partial charge in [-0.15, -0.1) is 11.3 Å². The number of rotatable bonds is 1. The van der Waals surface area contributed by atoms with Gasteiger partial charge in [0.15, 0.2) is 0 Å². The largest absolute Gasteiger partial charge is 0.235 e. The van der Waals surface area contributed by atoms with Gasteiger partial charge in [0.2, 0.25) is 0 Å². The van der Waals surface area contributed by atoms with Crippen LogP contribution in [0.5, 0.6) is 0 Å². The van der Waals surface area contributed by atoms with E-state index in [9.17, 15) is 0 Å². The molecule has 1 nitrogen and oxygen atoms in total. The fourth-order valence-corrected chi connectivity index (χ4v) is 3.54. The number of nitrogens with zero attached hydrogens (tertiary/aromatic N) is 1. The van der Waals surface area contributed by atoms with Crippen LogP contribution in [0.1, 0.15) is 5.56 Å². The first-order chi connectivity index (χ1) is 9.81. The quantitative estimate of drug-likeness (QED) is 0.451. The summed E-state index contributed by atoms with van der Waals surface area (Å²) in [5, 5.41) is 3.58. The van der Waals surface area contributed by atoms with Gasteiger partial charge in [0.1, 0.15) is 5.01 Å². The number of aromatic nitrogens is 1. The van der Waals surface area contributed by atoms with Crippen LogP contribution in [0.25, 0.3) is 31.6 Å². The van der Waals surface area contributed by atoms with E-state index in [2.05, 4.69) is 67.6 Å². The van der Waals surface area contributed by atoms with Gasteiger partial charge in [0, 0.05) is 10.9 Å². The molecule has 20 heavy (non-hydrogen) atoms. The predicted octanol–water partition coefficient (Wildman–Crippen LogP) is 5.42. The summed E-state index contributed by atoms with van der Waals surface area (Å²) in [5.74, 6) is 0. The summed E-state index contributed by atoms with van der Waals surface area (Å²) in [4.78, 5) is 4.87. The fraction of sp³-hybridized carbons (Fsp3) is 0.0556.